The van der Waals surface area contributed by atoms with Crippen molar-refractivity contribution in [1.29, 1.82) is 0 Å². The standard InChI is InChI=1S/C29H32FN5O5.H2/c1-3-21-17-34(8-9-38-21)20-15-35(16-20)29(36)19-6-4-18(5-7-19)24-13-27(40-33-24)28-22-12-23(30)26(39-11-10-37-2)14-25(22)31-32-28;/h4-7,12-14,20-21H,3,8-11,15-17H2,1-2H3,(H,31,32);1H/t21-;/m1./s1. The van der Waals surface area contributed by atoms with Gasteiger partial charge in [-0.15, -0.1) is 0 Å². The normalized spacial score (nSPS) is 18.3. The molecule has 40 heavy (non-hydrogen) atoms. The number of nitrogens with zero attached hydrogens (tertiary/aromatic N) is 4. The maximum atomic E-state index is 14.6. The summed E-state index contributed by atoms with van der Waals surface area (Å²) in [5.74, 6) is 0.0379. The number of ether oxygens (including phenoxy) is 3. The highest BCUT2D eigenvalue weighted by Crippen LogP contribution is 2.33. The monoisotopic (exact) mass is 551 g/mol. The molecule has 1 amide bonds. The summed E-state index contributed by atoms with van der Waals surface area (Å²) in [6, 6.07) is 12.4. The third-order valence-corrected chi connectivity index (χ3v) is 7.62. The van der Waals surface area contributed by atoms with Crippen molar-refractivity contribution in [2.75, 3.05) is 53.1 Å². The van der Waals surface area contributed by atoms with Gasteiger partial charge in [0, 0.05) is 69.4 Å². The predicted octanol–water partition coefficient (Wildman–Crippen LogP) is 4.23. The van der Waals surface area contributed by atoms with Gasteiger partial charge >= 0.3 is 0 Å². The molecule has 0 bridgehead atoms. The Morgan fingerprint density at radius 3 is 2.77 bits per heavy atom. The molecule has 0 unspecified atom stereocenters. The van der Waals surface area contributed by atoms with Crippen molar-refractivity contribution in [3.63, 3.8) is 0 Å². The molecule has 10 nitrogen and oxygen atoms in total. The molecule has 212 valence electrons. The van der Waals surface area contributed by atoms with Gasteiger partial charge in [-0.05, 0) is 24.6 Å². The molecule has 2 aromatic heterocycles. The number of rotatable bonds is 9. The van der Waals surface area contributed by atoms with E-state index in [1.165, 1.54) is 6.07 Å². The molecule has 1 atom stereocenters. The van der Waals surface area contributed by atoms with Crippen LogP contribution in [0.4, 0.5) is 4.39 Å². The van der Waals surface area contributed by atoms with Crippen molar-refractivity contribution in [2.24, 2.45) is 0 Å². The molecule has 11 heteroatoms. The Kier molecular flexibility index (Phi) is 7.50. The Hall–Kier alpha value is -3.80. The van der Waals surface area contributed by atoms with Crippen LogP contribution in [-0.2, 0) is 9.47 Å². The number of hydrogen-bond acceptors (Lipinski definition) is 8. The van der Waals surface area contributed by atoms with Gasteiger partial charge in [0.25, 0.3) is 5.91 Å². The number of amides is 1. The van der Waals surface area contributed by atoms with Gasteiger partial charge in [-0.25, -0.2) is 4.39 Å². The van der Waals surface area contributed by atoms with E-state index in [0.717, 1.165) is 44.8 Å². The van der Waals surface area contributed by atoms with Gasteiger partial charge in [-0.3, -0.25) is 14.8 Å². The summed E-state index contributed by atoms with van der Waals surface area (Å²) in [5, 5.41) is 11.9. The van der Waals surface area contributed by atoms with Crippen molar-refractivity contribution in [3.8, 4) is 28.5 Å². The summed E-state index contributed by atoms with van der Waals surface area (Å²) in [4.78, 5) is 17.4. The maximum absolute atomic E-state index is 14.6. The Morgan fingerprint density at radius 2 is 2.00 bits per heavy atom. The van der Waals surface area contributed by atoms with E-state index < -0.39 is 5.82 Å². The van der Waals surface area contributed by atoms with E-state index in [4.69, 9.17) is 18.7 Å². The third kappa shape index (κ3) is 5.19. The minimum absolute atomic E-state index is 0. The van der Waals surface area contributed by atoms with Gasteiger partial charge in [-0.1, -0.05) is 24.2 Å². The average molecular weight is 552 g/mol. The number of morpholine rings is 1. The molecule has 2 aromatic carbocycles. The zero-order valence-corrected chi connectivity index (χ0v) is 22.6. The summed E-state index contributed by atoms with van der Waals surface area (Å²) in [6.07, 6.45) is 1.29. The highest BCUT2D eigenvalue weighted by molar-refractivity contribution is 5.95. The number of benzene rings is 2. The Morgan fingerprint density at radius 1 is 1.18 bits per heavy atom. The molecular weight excluding hydrogens is 517 g/mol. The molecule has 0 radical (unpaired) electrons. The van der Waals surface area contributed by atoms with Crippen LogP contribution in [0.2, 0.25) is 0 Å². The van der Waals surface area contributed by atoms with Gasteiger partial charge in [0.15, 0.2) is 17.3 Å². The Balaban J connectivity index is 0.00000337. The number of aromatic nitrogens is 3. The van der Waals surface area contributed by atoms with E-state index >= 15 is 0 Å². The van der Waals surface area contributed by atoms with Crippen LogP contribution in [0, 0.1) is 5.82 Å². The summed E-state index contributed by atoms with van der Waals surface area (Å²) >= 11 is 0. The van der Waals surface area contributed by atoms with E-state index in [2.05, 4.69) is 27.2 Å². The van der Waals surface area contributed by atoms with Crippen LogP contribution in [0.25, 0.3) is 33.6 Å². The van der Waals surface area contributed by atoms with Crippen LogP contribution >= 0.6 is 0 Å². The van der Waals surface area contributed by atoms with Crippen LogP contribution in [0.1, 0.15) is 25.1 Å². The van der Waals surface area contributed by atoms with Crippen LogP contribution < -0.4 is 4.74 Å². The molecule has 6 rings (SSSR count). The van der Waals surface area contributed by atoms with Gasteiger partial charge in [0.05, 0.1) is 24.8 Å². The molecule has 2 saturated heterocycles. The number of nitrogens with one attached hydrogen (secondary N) is 1. The van der Waals surface area contributed by atoms with Crippen molar-refractivity contribution >= 4 is 16.8 Å². The SMILES string of the molecule is CC[C@@H]1CN(C2CN(C(=O)c3ccc(-c4cc(-c5n[nH]c6cc(OCCOC)c(F)cc56)on4)cc3)C2)CCO1.[HH]. The second kappa shape index (κ2) is 11.4. The smallest absolute Gasteiger partial charge is 0.253 e. The lowest BCUT2D eigenvalue weighted by Gasteiger charge is -2.47. The van der Waals surface area contributed by atoms with Gasteiger partial charge in [-0.2, -0.15) is 5.10 Å². The second-order valence-electron chi connectivity index (χ2n) is 10.2. The van der Waals surface area contributed by atoms with E-state index in [1.54, 1.807) is 19.2 Å². The van der Waals surface area contributed by atoms with E-state index in [1.807, 2.05) is 29.2 Å². The Bertz CT molecular complexity index is 1490. The largest absolute Gasteiger partial charge is 0.488 e. The molecule has 2 aliphatic heterocycles. The molecule has 0 spiro atoms. The molecule has 4 heterocycles. The maximum Gasteiger partial charge on any atom is 0.253 e. The highest BCUT2D eigenvalue weighted by atomic mass is 19.1. The number of fused-ring (bicyclic) bond motifs is 1. The van der Waals surface area contributed by atoms with Crippen molar-refractivity contribution < 1.29 is 29.3 Å². The summed E-state index contributed by atoms with van der Waals surface area (Å²) < 4.78 is 36.3. The number of carbonyl (C=O) groups excluding carboxylic acids is 1. The van der Waals surface area contributed by atoms with Crippen molar-refractivity contribution in [3.05, 3.63) is 53.8 Å². The second-order valence-corrected chi connectivity index (χ2v) is 10.2. The summed E-state index contributed by atoms with van der Waals surface area (Å²) in [7, 11) is 1.56. The number of halogens is 1. The lowest BCUT2D eigenvalue weighted by atomic mass is 10.0. The lowest BCUT2D eigenvalue weighted by Crippen LogP contribution is -2.63. The molecule has 1 N–H and O–H groups in total. The molecule has 0 saturated carbocycles. The van der Waals surface area contributed by atoms with Crippen LogP contribution in [0.5, 0.6) is 5.75 Å². The molecule has 4 aromatic rings. The number of likely N-dealkylation sites (tertiary alicyclic amines) is 1. The fraction of sp³-hybridized carbons (Fsp3) is 0.414. The number of H-pyrrole nitrogens is 1. The minimum Gasteiger partial charge on any atom is -0.488 e. The average Bonchev–Trinajstić information content (AvgIpc) is 3.60. The fourth-order valence-corrected chi connectivity index (χ4v) is 5.21. The summed E-state index contributed by atoms with van der Waals surface area (Å²) in [6.45, 7) is 6.83. The zero-order chi connectivity index (χ0) is 27.6. The van der Waals surface area contributed by atoms with Crippen LogP contribution in [0.15, 0.2) is 47.0 Å². The van der Waals surface area contributed by atoms with E-state index in [9.17, 15) is 9.18 Å². The quantitative estimate of drug-likeness (QED) is 0.308. The van der Waals surface area contributed by atoms with Crippen molar-refractivity contribution in [1.82, 2.24) is 25.2 Å². The highest BCUT2D eigenvalue weighted by Gasteiger charge is 2.37. The van der Waals surface area contributed by atoms with Crippen LogP contribution in [0.3, 0.4) is 0 Å². The lowest BCUT2D eigenvalue weighted by molar-refractivity contribution is -0.0673. The number of aromatic amines is 1. The fourth-order valence-electron chi connectivity index (χ4n) is 5.21. The molecule has 2 fully saturated rings. The molecule has 0 aliphatic carbocycles. The number of hydrogen-bond donors (Lipinski definition) is 1. The first-order valence-electron chi connectivity index (χ1n) is 13.6. The van der Waals surface area contributed by atoms with Gasteiger partial charge in [0.1, 0.15) is 18.0 Å². The predicted molar refractivity (Wildman–Crippen MR) is 148 cm³/mol. The first kappa shape index (κ1) is 26.4. The van der Waals surface area contributed by atoms with E-state index in [-0.39, 0.29) is 25.8 Å². The van der Waals surface area contributed by atoms with Crippen LogP contribution in [-0.4, -0.2) is 96.3 Å². The van der Waals surface area contributed by atoms with E-state index in [0.29, 0.717) is 46.3 Å². The molecular formula is C29H34FN5O5. The zero-order valence-electron chi connectivity index (χ0n) is 22.6. The van der Waals surface area contributed by atoms with Gasteiger partial charge in [0.2, 0.25) is 0 Å². The number of methoxy groups -OCH3 is 1. The first-order valence-corrected chi connectivity index (χ1v) is 13.6. The van der Waals surface area contributed by atoms with Crippen molar-refractivity contribution in [2.45, 2.75) is 25.5 Å². The Labute approximate surface area is 232 Å². The third-order valence-electron chi connectivity index (χ3n) is 7.62. The number of carbonyl (C=O) groups is 1. The van der Waals surface area contributed by atoms with Gasteiger partial charge < -0.3 is 23.6 Å². The molecule has 2 aliphatic rings. The minimum atomic E-state index is -0.505. The topological polar surface area (TPSA) is 106 Å². The first-order chi connectivity index (χ1) is 19.5. The summed E-state index contributed by atoms with van der Waals surface area (Å²) in [5.41, 5.74) is 3.08.